The maximum Gasteiger partial charge on any atom is 0.214 e. The third-order valence-corrected chi connectivity index (χ3v) is 4.74. The molecule has 0 aliphatic carbocycles. The summed E-state index contributed by atoms with van der Waals surface area (Å²) < 4.78 is 7.23. The van der Waals surface area contributed by atoms with E-state index < -0.39 is 0 Å². The molecule has 0 aliphatic heterocycles. The molecule has 6 nitrogen and oxygen atoms in total. The number of benzene rings is 2. The summed E-state index contributed by atoms with van der Waals surface area (Å²) in [5, 5.41) is 16.3. The number of hydrogen-bond donors (Lipinski definition) is 1. The summed E-state index contributed by atoms with van der Waals surface area (Å²) in [5.74, 6) is 1.88. The normalized spacial score (nSPS) is 10.4. The second-order valence-electron chi connectivity index (χ2n) is 5.66. The Morgan fingerprint density at radius 2 is 1.85 bits per heavy atom. The van der Waals surface area contributed by atoms with E-state index in [0.29, 0.717) is 6.61 Å². The Balaban J connectivity index is 0.00000261. The maximum absolute atomic E-state index is 5.45. The third-order valence-electron chi connectivity index (χ3n) is 3.73. The van der Waals surface area contributed by atoms with Crippen molar-refractivity contribution < 1.29 is 4.74 Å². The van der Waals surface area contributed by atoms with Crippen molar-refractivity contribution in [2.75, 3.05) is 18.9 Å². The predicted octanol–water partition coefficient (Wildman–Crippen LogP) is 3.75. The average molecular weight is 406 g/mol. The van der Waals surface area contributed by atoms with Gasteiger partial charge in [0.2, 0.25) is 5.16 Å². The number of tetrazole rings is 1. The van der Waals surface area contributed by atoms with Gasteiger partial charge in [0, 0.05) is 12.3 Å². The highest BCUT2D eigenvalue weighted by Crippen LogP contribution is 2.18. The average Bonchev–Trinajstić information content (AvgIpc) is 3.15. The number of nitrogens with one attached hydrogen (secondary N) is 1. The van der Waals surface area contributed by atoms with Gasteiger partial charge < -0.3 is 10.1 Å². The molecule has 3 aromatic rings. The maximum atomic E-state index is 5.45. The van der Waals surface area contributed by atoms with Crippen LogP contribution in [0.4, 0.5) is 0 Å². The first-order chi connectivity index (χ1) is 12.9. The zero-order chi connectivity index (χ0) is 18.0. The number of nitrogens with zero attached hydrogens (tertiary/aromatic N) is 4. The molecule has 1 N–H and O–H groups in total. The molecule has 0 bridgehead atoms. The molecule has 1 aromatic heterocycles. The highest BCUT2D eigenvalue weighted by molar-refractivity contribution is 7.99. The molecule has 0 saturated carbocycles. The number of thioether (sulfide) groups is 1. The van der Waals surface area contributed by atoms with Gasteiger partial charge >= 0.3 is 0 Å². The lowest BCUT2D eigenvalue weighted by atomic mass is 10.2. The van der Waals surface area contributed by atoms with E-state index in [4.69, 9.17) is 4.74 Å². The van der Waals surface area contributed by atoms with Crippen LogP contribution in [0.15, 0.2) is 59.8 Å². The lowest BCUT2D eigenvalue weighted by Gasteiger charge is -2.07. The molecule has 2 aromatic carbocycles. The fourth-order valence-electron chi connectivity index (χ4n) is 2.46. The van der Waals surface area contributed by atoms with E-state index in [1.54, 1.807) is 16.4 Å². The number of ether oxygens (including phenoxy) is 1. The van der Waals surface area contributed by atoms with Crippen LogP contribution in [0.5, 0.6) is 5.75 Å². The SMILES string of the molecule is CCOc1ccc(CNCCCSc2nnnn2-c2ccccc2)cc1.Cl. The Labute approximate surface area is 170 Å². The quantitative estimate of drug-likeness (QED) is 0.409. The summed E-state index contributed by atoms with van der Waals surface area (Å²) in [5.41, 5.74) is 2.24. The Hall–Kier alpha value is -2.09. The molecular weight excluding hydrogens is 382 g/mol. The minimum absolute atomic E-state index is 0. The Morgan fingerprint density at radius 3 is 2.59 bits per heavy atom. The van der Waals surface area contributed by atoms with Crippen LogP contribution in [0.3, 0.4) is 0 Å². The Morgan fingerprint density at radius 1 is 1.07 bits per heavy atom. The van der Waals surface area contributed by atoms with Gasteiger partial charge in [-0.15, -0.1) is 17.5 Å². The van der Waals surface area contributed by atoms with Crippen molar-refractivity contribution in [1.82, 2.24) is 25.5 Å². The molecule has 3 rings (SSSR count). The number of aromatic nitrogens is 4. The highest BCUT2D eigenvalue weighted by atomic mass is 35.5. The first kappa shape index (κ1) is 21.2. The first-order valence-corrected chi connectivity index (χ1v) is 9.74. The minimum atomic E-state index is 0. The van der Waals surface area contributed by atoms with Crippen LogP contribution in [0.25, 0.3) is 5.69 Å². The second kappa shape index (κ2) is 11.6. The fourth-order valence-corrected chi connectivity index (χ4v) is 3.29. The molecule has 0 fully saturated rings. The Kier molecular flexibility index (Phi) is 9.10. The van der Waals surface area contributed by atoms with Crippen molar-refractivity contribution in [3.8, 4) is 11.4 Å². The first-order valence-electron chi connectivity index (χ1n) is 8.76. The van der Waals surface area contributed by atoms with Crippen molar-refractivity contribution >= 4 is 24.2 Å². The van der Waals surface area contributed by atoms with Crippen LogP contribution in [-0.2, 0) is 6.54 Å². The Bertz CT molecular complexity index is 782. The van der Waals surface area contributed by atoms with Crippen LogP contribution < -0.4 is 10.1 Å². The van der Waals surface area contributed by atoms with E-state index >= 15 is 0 Å². The number of halogens is 1. The van der Waals surface area contributed by atoms with Crippen LogP contribution in [0.1, 0.15) is 18.9 Å². The molecular formula is C19H24ClN5OS. The van der Waals surface area contributed by atoms with Gasteiger partial charge in [-0.2, -0.15) is 4.68 Å². The van der Waals surface area contributed by atoms with Gasteiger partial charge in [-0.25, -0.2) is 0 Å². The van der Waals surface area contributed by atoms with E-state index in [0.717, 1.165) is 41.9 Å². The number of para-hydroxylation sites is 1. The van der Waals surface area contributed by atoms with Crippen LogP contribution in [0, 0.1) is 0 Å². The third kappa shape index (κ3) is 6.53. The minimum Gasteiger partial charge on any atom is -0.494 e. The van der Waals surface area contributed by atoms with Crippen molar-refractivity contribution in [3.63, 3.8) is 0 Å². The van der Waals surface area contributed by atoms with E-state index in [1.165, 1.54) is 5.56 Å². The highest BCUT2D eigenvalue weighted by Gasteiger charge is 2.07. The largest absolute Gasteiger partial charge is 0.494 e. The summed E-state index contributed by atoms with van der Waals surface area (Å²) in [6, 6.07) is 18.2. The lowest BCUT2D eigenvalue weighted by molar-refractivity contribution is 0.340. The summed E-state index contributed by atoms with van der Waals surface area (Å²) in [6.07, 6.45) is 1.04. The number of hydrogen-bond acceptors (Lipinski definition) is 6. The topological polar surface area (TPSA) is 64.9 Å². The fraction of sp³-hybridized carbons (Fsp3) is 0.316. The molecule has 0 atom stereocenters. The van der Waals surface area contributed by atoms with Gasteiger partial charge in [0.25, 0.3) is 0 Å². The molecule has 0 radical (unpaired) electrons. The van der Waals surface area contributed by atoms with Crippen molar-refractivity contribution in [3.05, 3.63) is 60.2 Å². The van der Waals surface area contributed by atoms with E-state index in [-0.39, 0.29) is 12.4 Å². The second-order valence-corrected chi connectivity index (χ2v) is 6.73. The predicted molar refractivity (Wildman–Crippen MR) is 111 cm³/mol. The van der Waals surface area contributed by atoms with Gasteiger partial charge in [0.05, 0.1) is 12.3 Å². The molecule has 0 aliphatic rings. The van der Waals surface area contributed by atoms with E-state index in [2.05, 4.69) is 33.0 Å². The lowest BCUT2D eigenvalue weighted by Crippen LogP contribution is -2.15. The summed E-state index contributed by atoms with van der Waals surface area (Å²) in [6.45, 7) is 4.50. The smallest absolute Gasteiger partial charge is 0.214 e. The van der Waals surface area contributed by atoms with Crippen molar-refractivity contribution in [2.24, 2.45) is 0 Å². The number of rotatable bonds is 10. The monoisotopic (exact) mass is 405 g/mol. The van der Waals surface area contributed by atoms with Crippen molar-refractivity contribution in [2.45, 2.75) is 25.0 Å². The molecule has 144 valence electrons. The zero-order valence-electron chi connectivity index (χ0n) is 15.2. The molecule has 0 spiro atoms. The van der Waals surface area contributed by atoms with Crippen LogP contribution in [0.2, 0.25) is 0 Å². The van der Waals surface area contributed by atoms with Gasteiger partial charge in [0.1, 0.15) is 5.75 Å². The molecule has 8 heteroatoms. The van der Waals surface area contributed by atoms with Gasteiger partial charge in [-0.1, -0.05) is 42.1 Å². The molecule has 0 saturated heterocycles. The molecule has 0 amide bonds. The molecule has 27 heavy (non-hydrogen) atoms. The van der Waals surface area contributed by atoms with Crippen LogP contribution >= 0.6 is 24.2 Å². The molecule has 0 unspecified atom stereocenters. The van der Waals surface area contributed by atoms with Crippen molar-refractivity contribution in [1.29, 1.82) is 0 Å². The summed E-state index contributed by atoms with van der Waals surface area (Å²) in [4.78, 5) is 0. The van der Waals surface area contributed by atoms with Gasteiger partial charge in [0.15, 0.2) is 0 Å². The molecule has 1 heterocycles. The van der Waals surface area contributed by atoms with E-state index in [1.807, 2.05) is 49.4 Å². The van der Waals surface area contributed by atoms with E-state index in [9.17, 15) is 0 Å². The summed E-state index contributed by atoms with van der Waals surface area (Å²) in [7, 11) is 0. The van der Waals surface area contributed by atoms with Crippen LogP contribution in [-0.4, -0.2) is 39.1 Å². The summed E-state index contributed by atoms with van der Waals surface area (Å²) >= 11 is 1.67. The van der Waals surface area contributed by atoms with Gasteiger partial charge in [-0.05, 0) is 60.1 Å². The van der Waals surface area contributed by atoms with Gasteiger partial charge in [-0.3, -0.25) is 0 Å². The zero-order valence-corrected chi connectivity index (χ0v) is 16.9. The standard InChI is InChI=1S/C19H23N5OS.ClH/c1-2-25-18-11-9-16(10-12-18)15-20-13-6-14-26-19-21-22-23-24(19)17-7-4-3-5-8-17;/h3-5,7-12,20H,2,6,13-15H2,1H3;1H.